The Morgan fingerprint density at radius 3 is 2.92 bits per heavy atom. The van der Waals surface area contributed by atoms with Crippen molar-refractivity contribution in [1.29, 1.82) is 0 Å². The zero-order valence-corrected chi connectivity index (χ0v) is 13.8. The summed E-state index contributed by atoms with van der Waals surface area (Å²) in [5.74, 6) is 0.314. The fourth-order valence-electron chi connectivity index (χ4n) is 2.65. The van der Waals surface area contributed by atoms with Crippen molar-refractivity contribution in [3.8, 4) is 0 Å². The van der Waals surface area contributed by atoms with Crippen LogP contribution in [0.2, 0.25) is 0 Å². The maximum absolute atomic E-state index is 13.1. The first-order valence-corrected chi connectivity index (χ1v) is 8.20. The van der Waals surface area contributed by atoms with Gasteiger partial charge in [0.25, 0.3) is 0 Å². The lowest BCUT2D eigenvalue weighted by Crippen LogP contribution is -2.37. The van der Waals surface area contributed by atoms with Gasteiger partial charge in [-0.3, -0.25) is 4.79 Å². The Labute approximate surface area is 146 Å². The highest BCUT2D eigenvalue weighted by molar-refractivity contribution is 5.91. The molecule has 0 unspecified atom stereocenters. The van der Waals surface area contributed by atoms with Crippen molar-refractivity contribution in [2.75, 3.05) is 31.2 Å². The van der Waals surface area contributed by atoms with Gasteiger partial charge in [-0.1, -0.05) is 18.2 Å². The van der Waals surface area contributed by atoms with Crippen molar-refractivity contribution >= 4 is 17.8 Å². The molecule has 0 aliphatic carbocycles. The second kappa shape index (κ2) is 8.39. The second-order valence-electron chi connectivity index (χ2n) is 5.69. The molecule has 1 aliphatic heterocycles. The van der Waals surface area contributed by atoms with E-state index in [9.17, 15) is 9.18 Å². The highest BCUT2D eigenvalue weighted by Gasteiger charge is 2.15. The molecule has 5 nitrogen and oxygen atoms in total. The molecule has 2 heterocycles. The van der Waals surface area contributed by atoms with Crippen LogP contribution in [-0.4, -0.2) is 37.2 Å². The largest absolute Gasteiger partial charge is 0.378 e. The van der Waals surface area contributed by atoms with E-state index in [0.29, 0.717) is 25.3 Å². The third-order valence-corrected chi connectivity index (χ3v) is 3.91. The summed E-state index contributed by atoms with van der Waals surface area (Å²) in [5.41, 5.74) is 1.60. The smallest absolute Gasteiger partial charge is 0.244 e. The average molecular weight is 341 g/mol. The summed E-state index contributed by atoms with van der Waals surface area (Å²) in [6, 6.07) is 9.90. The number of nitrogens with zero attached hydrogens (tertiary/aromatic N) is 2. The Hall–Kier alpha value is -2.73. The maximum Gasteiger partial charge on any atom is 0.244 e. The van der Waals surface area contributed by atoms with E-state index in [2.05, 4.69) is 15.2 Å². The monoisotopic (exact) mass is 341 g/mol. The van der Waals surface area contributed by atoms with E-state index in [0.717, 1.165) is 24.5 Å². The lowest BCUT2D eigenvalue weighted by molar-refractivity contribution is -0.116. The number of aromatic nitrogens is 1. The van der Waals surface area contributed by atoms with E-state index in [1.54, 1.807) is 24.4 Å². The first-order valence-electron chi connectivity index (χ1n) is 8.20. The van der Waals surface area contributed by atoms with Crippen LogP contribution in [0.3, 0.4) is 0 Å². The molecule has 25 heavy (non-hydrogen) atoms. The number of benzene rings is 1. The molecule has 1 amide bonds. The van der Waals surface area contributed by atoms with Crippen LogP contribution in [0, 0.1) is 5.82 Å². The number of rotatable bonds is 5. The molecule has 2 aromatic rings. The molecule has 0 saturated carbocycles. The number of carbonyl (C=O) groups excluding carboxylic acids is 1. The number of carbonyl (C=O) groups is 1. The number of anilines is 1. The minimum absolute atomic E-state index is 0.235. The minimum Gasteiger partial charge on any atom is -0.378 e. The first-order chi connectivity index (χ1) is 12.2. The third kappa shape index (κ3) is 4.87. The quantitative estimate of drug-likeness (QED) is 0.849. The van der Waals surface area contributed by atoms with Crippen LogP contribution in [0.4, 0.5) is 10.2 Å². The highest BCUT2D eigenvalue weighted by Crippen LogP contribution is 2.18. The molecule has 0 atom stereocenters. The summed E-state index contributed by atoms with van der Waals surface area (Å²) in [4.78, 5) is 18.6. The molecule has 1 aliphatic rings. The SMILES string of the molecule is O=C(/C=C/c1cccc(F)c1)NCc1cccnc1N1CCOCC1. The number of hydrogen-bond donors (Lipinski definition) is 1. The molecular weight excluding hydrogens is 321 g/mol. The van der Waals surface area contributed by atoms with Crippen molar-refractivity contribution in [2.45, 2.75) is 6.54 Å². The number of morpholine rings is 1. The second-order valence-corrected chi connectivity index (χ2v) is 5.69. The van der Waals surface area contributed by atoms with Gasteiger partial charge in [0.05, 0.1) is 13.2 Å². The van der Waals surface area contributed by atoms with Crippen molar-refractivity contribution in [3.05, 3.63) is 65.6 Å². The van der Waals surface area contributed by atoms with E-state index >= 15 is 0 Å². The van der Waals surface area contributed by atoms with Gasteiger partial charge in [0.2, 0.25) is 5.91 Å². The molecule has 1 fully saturated rings. The number of nitrogens with one attached hydrogen (secondary N) is 1. The lowest BCUT2D eigenvalue weighted by Gasteiger charge is -2.29. The number of amides is 1. The summed E-state index contributed by atoms with van der Waals surface area (Å²) >= 11 is 0. The molecular formula is C19H20FN3O2. The standard InChI is InChI=1S/C19H20FN3O2/c20-17-5-1-3-15(13-17)6-7-18(24)22-14-16-4-2-8-21-19(16)23-9-11-25-12-10-23/h1-8,13H,9-12,14H2,(H,22,24)/b7-6+. The fraction of sp³-hybridized carbons (Fsp3) is 0.263. The van der Waals surface area contributed by atoms with Crippen LogP contribution < -0.4 is 10.2 Å². The summed E-state index contributed by atoms with van der Waals surface area (Å²) in [6.45, 7) is 3.32. The van der Waals surface area contributed by atoms with Gasteiger partial charge in [-0.15, -0.1) is 0 Å². The molecule has 1 aromatic heterocycles. The third-order valence-electron chi connectivity index (χ3n) is 3.91. The van der Waals surface area contributed by atoms with E-state index in [1.807, 2.05) is 12.1 Å². The lowest BCUT2D eigenvalue weighted by atomic mass is 10.2. The van der Waals surface area contributed by atoms with Crippen LogP contribution in [-0.2, 0) is 16.1 Å². The molecule has 1 N–H and O–H groups in total. The van der Waals surface area contributed by atoms with Crippen molar-refractivity contribution in [3.63, 3.8) is 0 Å². The Balaban J connectivity index is 1.60. The van der Waals surface area contributed by atoms with E-state index in [-0.39, 0.29) is 11.7 Å². The van der Waals surface area contributed by atoms with Crippen LogP contribution >= 0.6 is 0 Å². The van der Waals surface area contributed by atoms with Gasteiger partial charge < -0.3 is 15.0 Å². The average Bonchev–Trinajstić information content (AvgIpc) is 2.66. The Bertz CT molecular complexity index is 758. The maximum atomic E-state index is 13.1. The van der Waals surface area contributed by atoms with Crippen molar-refractivity contribution in [1.82, 2.24) is 10.3 Å². The molecule has 1 aromatic carbocycles. The fourth-order valence-corrected chi connectivity index (χ4v) is 2.65. The normalized spacial score (nSPS) is 14.7. The summed E-state index contributed by atoms with van der Waals surface area (Å²) < 4.78 is 18.5. The molecule has 130 valence electrons. The van der Waals surface area contributed by atoms with Gasteiger partial charge in [0.1, 0.15) is 11.6 Å². The molecule has 3 rings (SSSR count). The van der Waals surface area contributed by atoms with Crippen molar-refractivity contribution in [2.24, 2.45) is 0 Å². The molecule has 6 heteroatoms. The van der Waals surface area contributed by atoms with Gasteiger partial charge in [-0.05, 0) is 29.8 Å². The predicted molar refractivity (Wildman–Crippen MR) is 94.5 cm³/mol. The zero-order chi connectivity index (χ0) is 17.5. The summed E-state index contributed by atoms with van der Waals surface area (Å²) in [5, 5.41) is 2.85. The number of pyridine rings is 1. The van der Waals surface area contributed by atoms with Crippen LogP contribution in [0.1, 0.15) is 11.1 Å². The Morgan fingerprint density at radius 2 is 2.12 bits per heavy atom. The summed E-state index contributed by atoms with van der Waals surface area (Å²) in [7, 11) is 0. The molecule has 0 bridgehead atoms. The van der Waals surface area contributed by atoms with E-state index in [4.69, 9.17) is 4.74 Å². The van der Waals surface area contributed by atoms with Gasteiger partial charge in [-0.25, -0.2) is 9.37 Å². The van der Waals surface area contributed by atoms with Crippen LogP contribution in [0.5, 0.6) is 0 Å². The Kier molecular flexibility index (Phi) is 5.74. The van der Waals surface area contributed by atoms with Crippen molar-refractivity contribution < 1.29 is 13.9 Å². The van der Waals surface area contributed by atoms with Crippen LogP contribution in [0.15, 0.2) is 48.7 Å². The van der Waals surface area contributed by atoms with Gasteiger partial charge in [-0.2, -0.15) is 0 Å². The first kappa shape index (κ1) is 17.1. The van der Waals surface area contributed by atoms with Gasteiger partial charge in [0, 0.05) is 37.5 Å². The van der Waals surface area contributed by atoms with E-state index < -0.39 is 0 Å². The number of hydrogen-bond acceptors (Lipinski definition) is 4. The van der Waals surface area contributed by atoms with E-state index in [1.165, 1.54) is 18.2 Å². The minimum atomic E-state index is -0.326. The van der Waals surface area contributed by atoms with Crippen LogP contribution in [0.25, 0.3) is 6.08 Å². The topological polar surface area (TPSA) is 54.5 Å². The van der Waals surface area contributed by atoms with Gasteiger partial charge >= 0.3 is 0 Å². The molecule has 1 saturated heterocycles. The summed E-state index contributed by atoms with van der Waals surface area (Å²) in [6.07, 6.45) is 4.74. The highest BCUT2D eigenvalue weighted by atomic mass is 19.1. The predicted octanol–water partition coefficient (Wildman–Crippen LogP) is 2.39. The number of ether oxygens (including phenoxy) is 1. The molecule has 0 spiro atoms. The number of halogens is 1. The molecule has 0 radical (unpaired) electrons. The Morgan fingerprint density at radius 1 is 1.28 bits per heavy atom. The zero-order valence-electron chi connectivity index (χ0n) is 13.8. The van der Waals surface area contributed by atoms with Gasteiger partial charge in [0.15, 0.2) is 0 Å².